The van der Waals surface area contributed by atoms with Gasteiger partial charge >= 0.3 is 0 Å². The highest BCUT2D eigenvalue weighted by atomic mass is 32.1. The topological polar surface area (TPSA) is 70.6 Å². The van der Waals surface area contributed by atoms with Gasteiger partial charge < -0.3 is 9.64 Å². The molecule has 4 rings (SSSR count). The molecule has 2 aliphatic heterocycles. The standard InChI is InChI=1S/C20H27N5O2S/c1-14-10-24(11-15(2)27-14)12-16-13-28-20(22-16)23-19(26)18-9-17(5-6-21-18)25-7-3-4-8-25/h5-6,9,13-15H,3-4,7-8,10-12H2,1-2H3,(H,22,23,26). The number of carbonyl (C=O) groups is 1. The van der Waals surface area contributed by atoms with Crippen LogP contribution in [0.5, 0.6) is 0 Å². The molecule has 0 spiro atoms. The lowest BCUT2D eigenvalue weighted by atomic mass is 10.2. The molecule has 2 unspecified atom stereocenters. The third kappa shape index (κ3) is 4.68. The second-order valence-electron chi connectivity index (χ2n) is 7.64. The summed E-state index contributed by atoms with van der Waals surface area (Å²) in [6.45, 7) is 8.84. The Morgan fingerprint density at radius 2 is 2.04 bits per heavy atom. The minimum atomic E-state index is -0.212. The SMILES string of the molecule is CC1CN(Cc2csc(NC(=O)c3cc(N4CCCC4)ccn3)n2)CC(C)O1. The van der Waals surface area contributed by atoms with Crippen LogP contribution in [0.3, 0.4) is 0 Å². The minimum absolute atomic E-state index is 0.212. The summed E-state index contributed by atoms with van der Waals surface area (Å²) in [5, 5.41) is 5.52. The molecule has 1 amide bonds. The summed E-state index contributed by atoms with van der Waals surface area (Å²) >= 11 is 1.45. The van der Waals surface area contributed by atoms with E-state index < -0.39 is 0 Å². The Bertz CT molecular complexity index is 810. The first-order chi connectivity index (χ1) is 13.6. The van der Waals surface area contributed by atoms with E-state index in [0.29, 0.717) is 10.8 Å². The van der Waals surface area contributed by atoms with E-state index in [9.17, 15) is 4.79 Å². The van der Waals surface area contributed by atoms with Crippen molar-refractivity contribution in [1.29, 1.82) is 0 Å². The molecule has 7 nitrogen and oxygen atoms in total. The Morgan fingerprint density at radius 3 is 2.79 bits per heavy atom. The Morgan fingerprint density at radius 1 is 1.29 bits per heavy atom. The van der Waals surface area contributed by atoms with Crippen LogP contribution in [0.1, 0.15) is 42.9 Å². The molecule has 0 aliphatic carbocycles. The molecule has 150 valence electrons. The summed E-state index contributed by atoms with van der Waals surface area (Å²) in [5.74, 6) is -0.212. The largest absolute Gasteiger partial charge is 0.373 e. The van der Waals surface area contributed by atoms with E-state index in [1.807, 2.05) is 17.5 Å². The van der Waals surface area contributed by atoms with Crippen LogP contribution >= 0.6 is 11.3 Å². The van der Waals surface area contributed by atoms with Crippen molar-refractivity contribution in [2.45, 2.75) is 45.4 Å². The van der Waals surface area contributed by atoms with Gasteiger partial charge in [-0.05, 0) is 38.8 Å². The lowest BCUT2D eigenvalue weighted by molar-refractivity contribution is -0.0707. The second kappa shape index (κ2) is 8.55. The fraction of sp³-hybridized carbons (Fsp3) is 0.550. The molecule has 2 aromatic heterocycles. The van der Waals surface area contributed by atoms with Crippen molar-refractivity contribution in [3.63, 3.8) is 0 Å². The summed E-state index contributed by atoms with van der Waals surface area (Å²) in [4.78, 5) is 26.1. The number of morpholine rings is 1. The van der Waals surface area contributed by atoms with Crippen molar-refractivity contribution < 1.29 is 9.53 Å². The van der Waals surface area contributed by atoms with E-state index in [1.165, 1.54) is 24.2 Å². The van der Waals surface area contributed by atoms with Gasteiger partial charge in [0.05, 0.1) is 17.9 Å². The van der Waals surface area contributed by atoms with Gasteiger partial charge in [0.25, 0.3) is 5.91 Å². The molecule has 2 aromatic rings. The fourth-order valence-electron chi connectivity index (χ4n) is 3.96. The van der Waals surface area contributed by atoms with Crippen molar-refractivity contribution in [2.75, 3.05) is 36.4 Å². The summed E-state index contributed by atoms with van der Waals surface area (Å²) in [5.41, 5.74) is 2.46. The molecule has 4 heterocycles. The molecule has 2 aliphatic rings. The number of ether oxygens (including phenoxy) is 1. The number of pyridine rings is 1. The van der Waals surface area contributed by atoms with Crippen molar-refractivity contribution in [3.05, 3.63) is 35.1 Å². The number of rotatable bonds is 5. The van der Waals surface area contributed by atoms with Gasteiger partial charge in [0, 0.05) is 50.0 Å². The first kappa shape index (κ1) is 19.3. The molecule has 0 radical (unpaired) electrons. The number of thiazole rings is 1. The normalized spacial score (nSPS) is 23.1. The van der Waals surface area contributed by atoms with Gasteiger partial charge in [0.15, 0.2) is 5.13 Å². The van der Waals surface area contributed by atoms with E-state index in [1.54, 1.807) is 6.20 Å². The zero-order valence-electron chi connectivity index (χ0n) is 16.4. The minimum Gasteiger partial charge on any atom is -0.373 e. The predicted molar refractivity (Wildman–Crippen MR) is 111 cm³/mol. The van der Waals surface area contributed by atoms with Crippen LogP contribution in [-0.4, -0.2) is 59.2 Å². The average Bonchev–Trinajstić information content (AvgIpc) is 3.33. The second-order valence-corrected chi connectivity index (χ2v) is 8.50. The summed E-state index contributed by atoms with van der Waals surface area (Å²) in [6.07, 6.45) is 4.57. The predicted octanol–water partition coefficient (Wildman–Crippen LogP) is 3.00. The molecule has 8 heteroatoms. The average molecular weight is 402 g/mol. The summed E-state index contributed by atoms with van der Waals surface area (Å²) < 4.78 is 5.78. The van der Waals surface area contributed by atoms with Gasteiger partial charge in [-0.15, -0.1) is 11.3 Å². The van der Waals surface area contributed by atoms with E-state index in [-0.39, 0.29) is 18.1 Å². The van der Waals surface area contributed by atoms with Gasteiger partial charge in [-0.3, -0.25) is 20.0 Å². The Hall–Kier alpha value is -2.03. The van der Waals surface area contributed by atoms with E-state index >= 15 is 0 Å². The Labute approximate surface area is 169 Å². The van der Waals surface area contributed by atoms with Crippen LogP contribution in [-0.2, 0) is 11.3 Å². The maximum Gasteiger partial charge on any atom is 0.276 e. The van der Waals surface area contributed by atoms with E-state index in [0.717, 1.165) is 44.1 Å². The third-order valence-corrected chi connectivity index (χ3v) is 5.91. The van der Waals surface area contributed by atoms with Gasteiger partial charge in [0.2, 0.25) is 0 Å². The number of nitrogens with zero attached hydrogens (tertiary/aromatic N) is 4. The lowest BCUT2D eigenvalue weighted by Crippen LogP contribution is -2.44. The molecular weight excluding hydrogens is 374 g/mol. The number of carbonyl (C=O) groups excluding carboxylic acids is 1. The van der Waals surface area contributed by atoms with Crippen LogP contribution in [0.15, 0.2) is 23.7 Å². The van der Waals surface area contributed by atoms with Crippen LogP contribution in [0.4, 0.5) is 10.8 Å². The van der Waals surface area contributed by atoms with Crippen molar-refractivity contribution in [3.8, 4) is 0 Å². The zero-order chi connectivity index (χ0) is 19.5. The van der Waals surface area contributed by atoms with E-state index in [4.69, 9.17) is 4.74 Å². The lowest BCUT2D eigenvalue weighted by Gasteiger charge is -2.34. The number of hydrogen-bond acceptors (Lipinski definition) is 7. The number of amides is 1. The Balaban J connectivity index is 1.37. The van der Waals surface area contributed by atoms with Gasteiger partial charge in [0.1, 0.15) is 5.69 Å². The quantitative estimate of drug-likeness (QED) is 0.831. The first-order valence-corrected chi connectivity index (χ1v) is 10.8. The number of anilines is 2. The van der Waals surface area contributed by atoms with Crippen molar-refractivity contribution in [2.24, 2.45) is 0 Å². The maximum absolute atomic E-state index is 12.6. The van der Waals surface area contributed by atoms with Crippen molar-refractivity contribution >= 4 is 28.1 Å². The molecule has 2 fully saturated rings. The highest BCUT2D eigenvalue weighted by molar-refractivity contribution is 7.13. The summed E-state index contributed by atoms with van der Waals surface area (Å²) in [7, 11) is 0. The van der Waals surface area contributed by atoms with E-state index in [2.05, 4.69) is 38.9 Å². The number of hydrogen-bond donors (Lipinski definition) is 1. The van der Waals surface area contributed by atoms with Gasteiger partial charge in [-0.25, -0.2) is 4.98 Å². The molecule has 0 bridgehead atoms. The van der Waals surface area contributed by atoms with Crippen LogP contribution in [0.2, 0.25) is 0 Å². The molecule has 2 saturated heterocycles. The third-order valence-electron chi connectivity index (χ3n) is 5.10. The monoisotopic (exact) mass is 401 g/mol. The zero-order valence-corrected chi connectivity index (χ0v) is 17.2. The Kier molecular flexibility index (Phi) is 5.89. The van der Waals surface area contributed by atoms with Gasteiger partial charge in [-0.2, -0.15) is 0 Å². The fourth-order valence-corrected chi connectivity index (χ4v) is 4.65. The first-order valence-electron chi connectivity index (χ1n) is 9.91. The number of nitrogens with one attached hydrogen (secondary N) is 1. The van der Waals surface area contributed by atoms with Crippen molar-refractivity contribution in [1.82, 2.24) is 14.9 Å². The van der Waals surface area contributed by atoms with Crippen LogP contribution in [0.25, 0.3) is 0 Å². The summed E-state index contributed by atoms with van der Waals surface area (Å²) in [6, 6.07) is 3.83. The molecule has 0 saturated carbocycles. The molecule has 1 N–H and O–H groups in total. The maximum atomic E-state index is 12.6. The number of aromatic nitrogens is 2. The highest BCUT2D eigenvalue weighted by Gasteiger charge is 2.23. The molecule has 2 atom stereocenters. The van der Waals surface area contributed by atoms with Gasteiger partial charge in [-0.1, -0.05) is 0 Å². The van der Waals surface area contributed by atoms with Crippen LogP contribution in [0, 0.1) is 0 Å². The molecular formula is C20H27N5O2S. The molecule has 0 aromatic carbocycles. The van der Waals surface area contributed by atoms with Crippen LogP contribution < -0.4 is 10.2 Å². The highest BCUT2D eigenvalue weighted by Crippen LogP contribution is 2.22. The molecule has 28 heavy (non-hydrogen) atoms. The smallest absolute Gasteiger partial charge is 0.276 e.